The van der Waals surface area contributed by atoms with E-state index in [1.165, 1.54) is 35.2 Å². The van der Waals surface area contributed by atoms with Gasteiger partial charge in [-0.15, -0.1) is 0 Å². The first-order valence-corrected chi connectivity index (χ1v) is 17.9. The third-order valence-electron chi connectivity index (χ3n) is 4.96. The van der Waals surface area contributed by atoms with Crippen molar-refractivity contribution in [1.29, 1.82) is 0 Å². The van der Waals surface area contributed by atoms with Crippen LogP contribution in [0.2, 0.25) is 0 Å². The summed E-state index contributed by atoms with van der Waals surface area (Å²) in [4.78, 5) is 12.8. The number of hydrogen-bond acceptors (Lipinski definition) is 8. The molecular formula is C28H40O3S5. The summed E-state index contributed by atoms with van der Waals surface area (Å²) in [5.74, 6) is 12.0. The van der Waals surface area contributed by atoms with Crippen molar-refractivity contribution in [3.63, 3.8) is 0 Å². The van der Waals surface area contributed by atoms with E-state index in [-0.39, 0.29) is 5.78 Å². The van der Waals surface area contributed by atoms with Gasteiger partial charge in [-0.05, 0) is 90.8 Å². The van der Waals surface area contributed by atoms with Crippen LogP contribution in [0.3, 0.4) is 0 Å². The van der Waals surface area contributed by atoms with Gasteiger partial charge in [-0.1, -0.05) is 6.92 Å². The van der Waals surface area contributed by atoms with E-state index in [9.17, 15) is 4.79 Å². The molecule has 2 rings (SSSR count). The Hall–Kier alpha value is -0.540. The van der Waals surface area contributed by atoms with Gasteiger partial charge < -0.3 is 9.47 Å². The van der Waals surface area contributed by atoms with E-state index in [2.05, 4.69) is 19.6 Å². The number of benzene rings is 2. The van der Waals surface area contributed by atoms with Crippen LogP contribution in [0.15, 0.2) is 48.5 Å². The van der Waals surface area contributed by atoms with Crippen molar-refractivity contribution in [2.75, 3.05) is 65.0 Å². The molecule has 0 saturated carbocycles. The number of carbonyl (C=O) groups is 1. The van der Waals surface area contributed by atoms with Crippen LogP contribution in [0, 0.1) is 0 Å². The fourth-order valence-electron chi connectivity index (χ4n) is 3.13. The highest BCUT2D eigenvalue weighted by atomic mass is 32.2. The van der Waals surface area contributed by atoms with Gasteiger partial charge in [0.15, 0.2) is 5.78 Å². The maximum Gasteiger partial charge on any atom is 0.193 e. The Morgan fingerprint density at radius 1 is 0.639 bits per heavy atom. The highest BCUT2D eigenvalue weighted by Crippen LogP contribution is 2.19. The smallest absolute Gasteiger partial charge is 0.193 e. The summed E-state index contributed by atoms with van der Waals surface area (Å²) in [6, 6.07) is 14.9. The maximum atomic E-state index is 12.8. The molecular weight excluding hydrogens is 545 g/mol. The molecule has 0 radical (unpaired) electrons. The van der Waals surface area contributed by atoms with Crippen molar-refractivity contribution >= 4 is 65.5 Å². The molecule has 8 heteroatoms. The zero-order valence-corrected chi connectivity index (χ0v) is 25.5. The van der Waals surface area contributed by atoms with Gasteiger partial charge in [0, 0.05) is 39.9 Å². The van der Waals surface area contributed by atoms with E-state index in [1.807, 2.05) is 95.6 Å². The van der Waals surface area contributed by atoms with Gasteiger partial charge in [0.05, 0.1) is 13.2 Å². The Balaban J connectivity index is 1.61. The molecule has 0 aliphatic heterocycles. The lowest BCUT2D eigenvalue weighted by Crippen LogP contribution is -2.03. The summed E-state index contributed by atoms with van der Waals surface area (Å²) in [5, 5.41) is 0. The number of thioether (sulfide) groups is 4. The van der Waals surface area contributed by atoms with Crippen molar-refractivity contribution in [3.8, 4) is 11.5 Å². The van der Waals surface area contributed by atoms with E-state index < -0.39 is 0 Å². The first kappa shape index (κ1) is 31.7. The van der Waals surface area contributed by atoms with Crippen LogP contribution < -0.4 is 9.47 Å². The van der Waals surface area contributed by atoms with Gasteiger partial charge in [-0.25, -0.2) is 0 Å². The zero-order chi connectivity index (χ0) is 25.7. The van der Waals surface area contributed by atoms with Crippen molar-refractivity contribution in [3.05, 3.63) is 59.7 Å². The lowest BCUT2D eigenvalue weighted by atomic mass is 10.0. The van der Waals surface area contributed by atoms with Crippen LogP contribution in [0.25, 0.3) is 0 Å². The molecule has 0 atom stereocenters. The Bertz CT molecular complexity index is 747. The van der Waals surface area contributed by atoms with Gasteiger partial charge in [0.1, 0.15) is 11.5 Å². The number of hydrogen-bond donors (Lipinski definition) is 1. The normalized spacial score (nSPS) is 10.9. The highest BCUT2D eigenvalue weighted by Gasteiger charge is 2.09. The molecule has 0 aromatic heterocycles. The number of carbonyl (C=O) groups excluding carboxylic acids is 1. The molecule has 0 spiro atoms. The lowest BCUT2D eigenvalue weighted by molar-refractivity contribution is 0.103. The molecule has 200 valence electrons. The average Bonchev–Trinajstić information content (AvgIpc) is 2.91. The molecule has 36 heavy (non-hydrogen) atoms. The minimum Gasteiger partial charge on any atom is -0.494 e. The van der Waals surface area contributed by atoms with E-state index >= 15 is 0 Å². The van der Waals surface area contributed by atoms with Crippen LogP contribution in [0.4, 0.5) is 0 Å². The minimum atomic E-state index is 0.0117. The SMILES string of the molecule is CCCSCCSCCCOc1ccc(C(=O)c2ccc(OCCCSCCSCCS)cc2)cc1. The van der Waals surface area contributed by atoms with Crippen LogP contribution in [0.5, 0.6) is 11.5 Å². The quantitative estimate of drug-likeness (QED) is 0.0862. The summed E-state index contributed by atoms with van der Waals surface area (Å²) in [6.07, 6.45) is 3.31. The van der Waals surface area contributed by atoms with Crippen LogP contribution in [-0.4, -0.2) is 70.8 Å². The van der Waals surface area contributed by atoms with Crippen molar-refractivity contribution < 1.29 is 14.3 Å². The zero-order valence-electron chi connectivity index (χ0n) is 21.3. The second-order valence-corrected chi connectivity index (χ2v) is 13.3. The molecule has 0 aliphatic rings. The number of thiol groups is 1. The van der Waals surface area contributed by atoms with Crippen molar-refractivity contribution in [2.45, 2.75) is 26.2 Å². The second kappa shape index (κ2) is 21.4. The molecule has 2 aromatic rings. The number of ether oxygens (including phenoxy) is 2. The van der Waals surface area contributed by atoms with Crippen molar-refractivity contribution in [1.82, 2.24) is 0 Å². The fraction of sp³-hybridized carbons (Fsp3) is 0.536. The summed E-state index contributed by atoms with van der Waals surface area (Å²) in [7, 11) is 0. The topological polar surface area (TPSA) is 35.5 Å². The Morgan fingerprint density at radius 3 is 1.47 bits per heavy atom. The van der Waals surface area contributed by atoms with Gasteiger partial charge in [0.25, 0.3) is 0 Å². The van der Waals surface area contributed by atoms with Crippen LogP contribution in [-0.2, 0) is 0 Å². The largest absolute Gasteiger partial charge is 0.494 e. The maximum absolute atomic E-state index is 12.8. The number of ketones is 1. The summed E-state index contributed by atoms with van der Waals surface area (Å²) in [5.41, 5.74) is 1.33. The summed E-state index contributed by atoms with van der Waals surface area (Å²) < 4.78 is 11.7. The molecule has 0 amide bonds. The molecule has 0 fully saturated rings. The Morgan fingerprint density at radius 2 is 1.06 bits per heavy atom. The van der Waals surface area contributed by atoms with E-state index in [4.69, 9.17) is 9.47 Å². The average molecular weight is 585 g/mol. The van der Waals surface area contributed by atoms with Gasteiger partial charge in [-0.3, -0.25) is 4.79 Å². The first-order chi connectivity index (χ1) is 17.7. The lowest BCUT2D eigenvalue weighted by Gasteiger charge is -2.08. The third-order valence-corrected chi connectivity index (χ3v) is 10.3. The highest BCUT2D eigenvalue weighted by molar-refractivity contribution is 8.03. The molecule has 0 N–H and O–H groups in total. The molecule has 0 heterocycles. The van der Waals surface area contributed by atoms with Gasteiger partial charge >= 0.3 is 0 Å². The minimum absolute atomic E-state index is 0.0117. The van der Waals surface area contributed by atoms with E-state index in [1.54, 1.807) is 0 Å². The molecule has 2 aromatic carbocycles. The van der Waals surface area contributed by atoms with Gasteiger partial charge in [0.2, 0.25) is 0 Å². The molecule has 0 bridgehead atoms. The van der Waals surface area contributed by atoms with E-state index in [0.717, 1.165) is 47.4 Å². The van der Waals surface area contributed by atoms with Gasteiger partial charge in [-0.2, -0.15) is 59.7 Å². The van der Waals surface area contributed by atoms with Crippen LogP contribution in [0.1, 0.15) is 42.1 Å². The Kier molecular flexibility index (Phi) is 18.8. The second-order valence-electron chi connectivity index (χ2n) is 7.96. The predicted molar refractivity (Wildman–Crippen MR) is 170 cm³/mol. The van der Waals surface area contributed by atoms with Crippen molar-refractivity contribution in [2.24, 2.45) is 0 Å². The monoisotopic (exact) mass is 584 g/mol. The molecule has 3 nitrogen and oxygen atoms in total. The molecule has 0 saturated heterocycles. The first-order valence-electron chi connectivity index (χ1n) is 12.7. The van der Waals surface area contributed by atoms with Crippen LogP contribution >= 0.6 is 59.7 Å². The summed E-state index contributed by atoms with van der Waals surface area (Å²) >= 11 is 12.2. The third kappa shape index (κ3) is 14.4. The Labute approximate surface area is 240 Å². The molecule has 0 aliphatic carbocycles. The fourth-order valence-corrected chi connectivity index (χ4v) is 7.28. The molecule has 0 unspecified atom stereocenters. The predicted octanol–water partition coefficient (Wildman–Crippen LogP) is 7.73. The number of rotatable bonds is 22. The van der Waals surface area contributed by atoms with E-state index in [0.29, 0.717) is 24.3 Å². The summed E-state index contributed by atoms with van der Waals surface area (Å²) in [6.45, 7) is 3.63. The standard InChI is InChI=1S/C28H40O3S5/c1-2-16-33-20-21-34-17-3-13-30-26-9-5-24(6-10-26)28(29)25-7-11-27(12-8-25)31-14-4-18-35-22-23-36-19-15-32/h5-12,32H,2-4,13-23H2,1H3.